The summed E-state index contributed by atoms with van der Waals surface area (Å²) in [4.78, 5) is 27.3. The van der Waals surface area contributed by atoms with Gasteiger partial charge in [0.15, 0.2) is 6.29 Å². The summed E-state index contributed by atoms with van der Waals surface area (Å²) in [6.07, 6.45) is -3.58. The van der Waals surface area contributed by atoms with Crippen molar-refractivity contribution in [3.8, 4) is 11.1 Å². The summed E-state index contributed by atoms with van der Waals surface area (Å²) in [5, 5.41) is 12.2. The van der Waals surface area contributed by atoms with E-state index in [9.17, 15) is 27.9 Å². The number of rotatable bonds is 11. The Hall–Kier alpha value is -4.03. The molecule has 0 aliphatic carbocycles. The van der Waals surface area contributed by atoms with Crippen molar-refractivity contribution in [2.24, 2.45) is 5.92 Å². The molecule has 2 fully saturated rings. The van der Waals surface area contributed by atoms with Crippen LogP contribution >= 0.6 is 0 Å². The number of hydrogen-bond acceptors (Lipinski definition) is 6. The van der Waals surface area contributed by atoms with Crippen LogP contribution in [0.25, 0.3) is 11.1 Å². The molecule has 2 heterocycles. The number of likely N-dealkylation sites (tertiary alicyclic amines) is 1. The fraction of sp³-hybridized carbons (Fsp3) is 0.405. The molecule has 0 spiro atoms. The van der Waals surface area contributed by atoms with E-state index < -0.39 is 30.3 Å². The molecular formula is C37H42F3N3O5. The molecule has 0 saturated carbocycles. The van der Waals surface area contributed by atoms with Crippen molar-refractivity contribution in [2.75, 3.05) is 26.7 Å². The molecule has 0 bridgehead atoms. The average Bonchev–Trinajstić information content (AvgIpc) is 3.58. The van der Waals surface area contributed by atoms with Crippen molar-refractivity contribution in [3.63, 3.8) is 0 Å². The van der Waals surface area contributed by atoms with Gasteiger partial charge in [-0.15, -0.1) is 6.58 Å². The Morgan fingerprint density at radius 1 is 1.02 bits per heavy atom. The molecule has 3 aromatic rings. The van der Waals surface area contributed by atoms with Crippen LogP contribution in [-0.4, -0.2) is 71.7 Å². The fourth-order valence-electron chi connectivity index (χ4n) is 6.38. The highest BCUT2D eigenvalue weighted by molar-refractivity contribution is 5.90. The summed E-state index contributed by atoms with van der Waals surface area (Å²) in [5.41, 5.74) is 5.29. The molecule has 2 aliphatic rings. The number of ether oxygens (including phenoxy) is 2. The SMILES string of the molecule is C=CCN(C)CC1OC(c2ccc(-c3cccc(CNC(=O)C4CCCN4C(=O)C(F)(F)F)c3)cc2)OC(c2ccc(CO)cc2)C1C. The van der Waals surface area contributed by atoms with Gasteiger partial charge in [0.1, 0.15) is 6.04 Å². The van der Waals surface area contributed by atoms with Crippen molar-refractivity contribution in [2.45, 2.75) is 63.6 Å². The number of benzene rings is 3. The number of hydrogen-bond donors (Lipinski definition) is 2. The Bertz CT molecular complexity index is 1560. The van der Waals surface area contributed by atoms with E-state index >= 15 is 0 Å². The Balaban J connectivity index is 1.28. The monoisotopic (exact) mass is 665 g/mol. The maximum absolute atomic E-state index is 13.0. The van der Waals surface area contributed by atoms with Crippen LogP contribution in [0.15, 0.2) is 85.5 Å². The minimum atomic E-state index is -5.01. The lowest BCUT2D eigenvalue weighted by Gasteiger charge is -2.42. The van der Waals surface area contributed by atoms with E-state index in [1.807, 2.05) is 85.9 Å². The lowest BCUT2D eigenvalue weighted by Crippen LogP contribution is -2.50. The van der Waals surface area contributed by atoms with Gasteiger partial charge in [0.25, 0.3) is 0 Å². The van der Waals surface area contributed by atoms with Gasteiger partial charge in [-0.2, -0.15) is 13.2 Å². The second kappa shape index (κ2) is 15.5. The van der Waals surface area contributed by atoms with Crippen LogP contribution in [0.1, 0.15) is 54.4 Å². The van der Waals surface area contributed by atoms with Gasteiger partial charge in [0.2, 0.25) is 5.91 Å². The van der Waals surface area contributed by atoms with Crippen molar-refractivity contribution < 1.29 is 37.3 Å². The number of carbonyl (C=O) groups excluding carboxylic acids is 2. The van der Waals surface area contributed by atoms with Crippen LogP contribution < -0.4 is 5.32 Å². The number of amides is 2. The summed E-state index contributed by atoms with van der Waals surface area (Å²) in [7, 11) is 2.03. The zero-order valence-corrected chi connectivity index (χ0v) is 27.2. The first-order valence-corrected chi connectivity index (χ1v) is 16.1. The summed E-state index contributed by atoms with van der Waals surface area (Å²) >= 11 is 0. The van der Waals surface area contributed by atoms with Crippen LogP contribution in [0.4, 0.5) is 13.2 Å². The topological polar surface area (TPSA) is 91.3 Å². The molecule has 2 aliphatic heterocycles. The lowest BCUT2D eigenvalue weighted by atomic mass is 9.90. The average molecular weight is 666 g/mol. The van der Waals surface area contributed by atoms with E-state index in [0.29, 0.717) is 17.9 Å². The van der Waals surface area contributed by atoms with Crippen LogP contribution in [-0.2, 0) is 32.2 Å². The van der Waals surface area contributed by atoms with Crippen molar-refractivity contribution in [1.82, 2.24) is 15.1 Å². The number of alkyl halides is 3. The number of carbonyl (C=O) groups is 2. The van der Waals surface area contributed by atoms with Gasteiger partial charge in [0, 0.05) is 37.7 Å². The third kappa shape index (κ3) is 8.33. The first kappa shape index (κ1) is 35.3. The molecule has 2 N–H and O–H groups in total. The van der Waals surface area contributed by atoms with E-state index in [0.717, 1.165) is 39.9 Å². The van der Waals surface area contributed by atoms with Gasteiger partial charge >= 0.3 is 12.1 Å². The molecule has 5 atom stereocenters. The second-order valence-corrected chi connectivity index (χ2v) is 12.5. The van der Waals surface area contributed by atoms with Gasteiger partial charge in [-0.05, 0) is 53.8 Å². The summed E-state index contributed by atoms with van der Waals surface area (Å²) in [6.45, 7) is 7.38. The number of aliphatic hydroxyl groups is 1. The van der Waals surface area contributed by atoms with E-state index in [2.05, 4.69) is 23.7 Å². The van der Waals surface area contributed by atoms with Gasteiger partial charge in [-0.1, -0.05) is 79.7 Å². The van der Waals surface area contributed by atoms with E-state index in [4.69, 9.17) is 9.47 Å². The molecule has 5 rings (SSSR count). The maximum atomic E-state index is 13.0. The van der Waals surface area contributed by atoms with Gasteiger partial charge in [0.05, 0.1) is 18.8 Å². The largest absolute Gasteiger partial charge is 0.471 e. The Labute approximate surface area is 279 Å². The number of nitrogens with zero attached hydrogens (tertiary/aromatic N) is 2. The Kier molecular flexibility index (Phi) is 11.4. The van der Waals surface area contributed by atoms with Gasteiger partial charge < -0.3 is 29.7 Å². The standard InChI is InChI=1S/C37H42F3N3O5/c1-4-18-42(3)22-32-24(2)33(28-12-10-25(23-44)11-13-28)48-35(47-32)29-16-14-27(15-17-29)30-8-5-7-26(20-30)21-41-34(45)31-9-6-19-43(31)36(46)37(38,39)40/h4-5,7-8,10-17,20,24,31-33,35,44H,1,6,9,18-19,21-23H2,2-3H3,(H,41,45). The summed E-state index contributed by atoms with van der Waals surface area (Å²) < 4.78 is 52.1. The summed E-state index contributed by atoms with van der Waals surface area (Å²) in [6, 6.07) is 22.1. The fourth-order valence-corrected chi connectivity index (χ4v) is 6.38. The zero-order chi connectivity index (χ0) is 34.4. The first-order chi connectivity index (χ1) is 23.0. The number of nitrogens with one attached hydrogen (secondary N) is 1. The third-order valence-electron chi connectivity index (χ3n) is 9.02. The van der Waals surface area contributed by atoms with Crippen LogP contribution in [0, 0.1) is 5.92 Å². The molecule has 2 saturated heterocycles. The third-order valence-corrected chi connectivity index (χ3v) is 9.02. The highest BCUT2D eigenvalue weighted by Crippen LogP contribution is 2.42. The number of halogens is 3. The lowest BCUT2D eigenvalue weighted by molar-refractivity contribution is -0.275. The Morgan fingerprint density at radius 3 is 2.40 bits per heavy atom. The molecular weight excluding hydrogens is 623 g/mol. The molecule has 256 valence electrons. The van der Waals surface area contributed by atoms with Gasteiger partial charge in [-0.25, -0.2) is 0 Å². The van der Waals surface area contributed by atoms with Crippen LogP contribution in [0.3, 0.4) is 0 Å². The second-order valence-electron chi connectivity index (χ2n) is 12.5. The summed E-state index contributed by atoms with van der Waals surface area (Å²) in [5.74, 6) is -2.52. The Morgan fingerprint density at radius 2 is 1.73 bits per heavy atom. The molecule has 0 aromatic heterocycles. The quantitative estimate of drug-likeness (QED) is 0.247. The van der Waals surface area contributed by atoms with E-state index in [1.165, 1.54) is 0 Å². The van der Waals surface area contributed by atoms with E-state index in [1.54, 1.807) is 0 Å². The zero-order valence-electron chi connectivity index (χ0n) is 27.2. The van der Waals surface area contributed by atoms with Crippen molar-refractivity contribution >= 4 is 11.8 Å². The molecule has 3 aromatic carbocycles. The number of likely N-dealkylation sites (N-methyl/N-ethyl adjacent to an activating group) is 1. The number of aliphatic hydroxyl groups excluding tert-OH is 1. The smallest absolute Gasteiger partial charge is 0.392 e. The molecule has 5 unspecified atom stereocenters. The van der Waals surface area contributed by atoms with Gasteiger partial charge in [-0.3, -0.25) is 9.59 Å². The minimum Gasteiger partial charge on any atom is -0.392 e. The van der Waals surface area contributed by atoms with Crippen LogP contribution in [0.5, 0.6) is 0 Å². The molecule has 2 amide bonds. The molecule has 48 heavy (non-hydrogen) atoms. The molecule has 11 heteroatoms. The maximum Gasteiger partial charge on any atom is 0.471 e. The van der Waals surface area contributed by atoms with E-state index in [-0.39, 0.29) is 44.2 Å². The predicted molar refractivity (Wildman–Crippen MR) is 175 cm³/mol. The predicted octanol–water partition coefficient (Wildman–Crippen LogP) is 5.92. The molecule has 0 radical (unpaired) electrons. The van der Waals surface area contributed by atoms with Crippen molar-refractivity contribution in [1.29, 1.82) is 0 Å². The highest BCUT2D eigenvalue weighted by Gasteiger charge is 2.47. The minimum absolute atomic E-state index is 0.0291. The van der Waals surface area contributed by atoms with Crippen LogP contribution in [0.2, 0.25) is 0 Å². The first-order valence-electron chi connectivity index (χ1n) is 16.1. The normalized spacial score (nSPS) is 22.9. The molecule has 8 nitrogen and oxygen atoms in total. The highest BCUT2D eigenvalue weighted by atomic mass is 19.4. The van der Waals surface area contributed by atoms with Crippen molar-refractivity contribution in [3.05, 3.63) is 108 Å².